The molecule has 0 saturated carbocycles. The Bertz CT molecular complexity index is 226. The maximum atomic E-state index is 5.92. The summed E-state index contributed by atoms with van der Waals surface area (Å²) >= 11 is 5.92. The van der Waals surface area contributed by atoms with Gasteiger partial charge in [0.15, 0.2) is 0 Å². The topological polar surface area (TPSA) is 3.24 Å². The largest absolute Gasteiger partial charge is 0.300 e. The predicted octanol–water partition coefficient (Wildman–Crippen LogP) is 6.78. The molecule has 0 amide bonds. The standard InChI is InChI=1S/C20H40ClN/c1-2-3-4-5-6-7-8-9-11-15-20(16-14-17-21)22-18-12-10-13-19-22/h20H,2-19H2,1H3. The lowest BCUT2D eigenvalue weighted by molar-refractivity contribution is 0.144. The molecule has 0 spiro atoms. The van der Waals surface area contributed by atoms with Crippen LogP contribution in [0.4, 0.5) is 0 Å². The fraction of sp³-hybridized carbons (Fsp3) is 1.00. The first-order chi connectivity index (χ1) is 10.9. The van der Waals surface area contributed by atoms with Crippen LogP contribution in [0.1, 0.15) is 103 Å². The van der Waals surface area contributed by atoms with Crippen molar-refractivity contribution in [1.29, 1.82) is 0 Å². The van der Waals surface area contributed by atoms with Gasteiger partial charge in [-0.1, -0.05) is 71.1 Å². The van der Waals surface area contributed by atoms with Crippen LogP contribution >= 0.6 is 11.6 Å². The molecular weight excluding hydrogens is 290 g/mol. The quantitative estimate of drug-likeness (QED) is 0.251. The summed E-state index contributed by atoms with van der Waals surface area (Å²) in [6, 6.07) is 0.823. The van der Waals surface area contributed by atoms with Crippen molar-refractivity contribution in [3.63, 3.8) is 0 Å². The molecule has 0 radical (unpaired) electrons. The number of unbranched alkanes of at least 4 members (excludes halogenated alkanes) is 8. The molecule has 0 bridgehead atoms. The van der Waals surface area contributed by atoms with Crippen LogP contribution in [0.25, 0.3) is 0 Å². The molecule has 1 saturated heterocycles. The SMILES string of the molecule is CCCCCCCCCCCC(CCCCl)N1CCCCC1. The Morgan fingerprint density at radius 2 is 1.27 bits per heavy atom. The Hall–Kier alpha value is 0.250. The van der Waals surface area contributed by atoms with Gasteiger partial charge in [-0.05, 0) is 45.2 Å². The monoisotopic (exact) mass is 329 g/mol. The van der Waals surface area contributed by atoms with Gasteiger partial charge >= 0.3 is 0 Å². The van der Waals surface area contributed by atoms with Gasteiger partial charge in [-0.15, -0.1) is 11.6 Å². The lowest BCUT2D eigenvalue weighted by Crippen LogP contribution is -2.39. The zero-order valence-corrected chi connectivity index (χ0v) is 15.9. The summed E-state index contributed by atoms with van der Waals surface area (Å²) in [6.07, 6.45) is 21.1. The van der Waals surface area contributed by atoms with Crippen molar-refractivity contribution in [1.82, 2.24) is 4.90 Å². The number of piperidine rings is 1. The summed E-state index contributed by atoms with van der Waals surface area (Å²) in [5.74, 6) is 0.835. The van der Waals surface area contributed by atoms with E-state index in [0.29, 0.717) is 0 Å². The van der Waals surface area contributed by atoms with Crippen molar-refractivity contribution in [3.8, 4) is 0 Å². The minimum Gasteiger partial charge on any atom is -0.300 e. The highest BCUT2D eigenvalue weighted by atomic mass is 35.5. The number of hydrogen-bond acceptors (Lipinski definition) is 1. The highest BCUT2D eigenvalue weighted by molar-refractivity contribution is 6.17. The molecule has 1 fully saturated rings. The van der Waals surface area contributed by atoms with Gasteiger partial charge in [-0.3, -0.25) is 0 Å². The Morgan fingerprint density at radius 1 is 0.727 bits per heavy atom. The van der Waals surface area contributed by atoms with Gasteiger partial charge in [0.05, 0.1) is 0 Å². The highest BCUT2D eigenvalue weighted by Crippen LogP contribution is 2.21. The first-order valence-electron chi connectivity index (χ1n) is 10.2. The Kier molecular flexibility index (Phi) is 13.7. The third kappa shape index (κ3) is 10.1. The molecule has 22 heavy (non-hydrogen) atoms. The molecule has 0 N–H and O–H groups in total. The van der Waals surface area contributed by atoms with E-state index in [1.165, 1.54) is 109 Å². The lowest BCUT2D eigenvalue weighted by Gasteiger charge is -2.34. The minimum atomic E-state index is 0.823. The molecule has 1 aliphatic rings. The van der Waals surface area contributed by atoms with Gasteiger partial charge in [0.2, 0.25) is 0 Å². The van der Waals surface area contributed by atoms with Crippen molar-refractivity contribution < 1.29 is 0 Å². The smallest absolute Gasteiger partial charge is 0.0224 e. The molecule has 1 nitrogen and oxygen atoms in total. The number of nitrogens with zero attached hydrogens (tertiary/aromatic N) is 1. The average Bonchev–Trinajstić information content (AvgIpc) is 2.57. The van der Waals surface area contributed by atoms with Crippen LogP contribution < -0.4 is 0 Å². The summed E-state index contributed by atoms with van der Waals surface area (Å²) in [6.45, 7) is 4.97. The number of rotatable bonds is 14. The summed E-state index contributed by atoms with van der Waals surface area (Å²) in [4.78, 5) is 2.76. The molecule has 0 aromatic carbocycles. The van der Waals surface area contributed by atoms with E-state index >= 15 is 0 Å². The molecule has 0 aromatic heterocycles. The molecule has 2 heteroatoms. The van der Waals surface area contributed by atoms with Crippen LogP contribution in [0.15, 0.2) is 0 Å². The predicted molar refractivity (Wildman–Crippen MR) is 101 cm³/mol. The van der Waals surface area contributed by atoms with Gasteiger partial charge in [0.1, 0.15) is 0 Å². The molecule has 1 rings (SSSR count). The van der Waals surface area contributed by atoms with Crippen LogP contribution in [0.2, 0.25) is 0 Å². The summed E-state index contributed by atoms with van der Waals surface area (Å²) < 4.78 is 0. The van der Waals surface area contributed by atoms with Crippen molar-refractivity contribution in [2.45, 2.75) is 109 Å². The minimum absolute atomic E-state index is 0.823. The molecule has 0 aliphatic carbocycles. The Balaban J connectivity index is 2.04. The number of likely N-dealkylation sites (tertiary alicyclic amines) is 1. The van der Waals surface area contributed by atoms with Crippen LogP contribution in [0.3, 0.4) is 0 Å². The lowest BCUT2D eigenvalue weighted by atomic mass is 9.98. The van der Waals surface area contributed by atoms with Crippen LogP contribution in [0, 0.1) is 0 Å². The summed E-state index contributed by atoms with van der Waals surface area (Å²) in [7, 11) is 0. The van der Waals surface area contributed by atoms with E-state index in [1.54, 1.807) is 0 Å². The second-order valence-electron chi connectivity index (χ2n) is 7.20. The number of halogens is 1. The van der Waals surface area contributed by atoms with E-state index < -0.39 is 0 Å². The molecule has 1 unspecified atom stereocenters. The fourth-order valence-electron chi connectivity index (χ4n) is 3.80. The second-order valence-corrected chi connectivity index (χ2v) is 7.58. The summed E-state index contributed by atoms with van der Waals surface area (Å²) in [5, 5.41) is 0. The van der Waals surface area contributed by atoms with Gasteiger partial charge in [0, 0.05) is 11.9 Å². The molecule has 1 atom stereocenters. The van der Waals surface area contributed by atoms with E-state index in [-0.39, 0.29) is 0 Å². The van der Waals surface area contributed by atoms with Crippen molar-refractivity contribution >= 4 is 11.6 Å². The summed E-state index contributed by atoms with van der Waals surface area (Å²) in [5.41, 5.74) is 0. The maximum absolute atomic E-state index is 5.92. The van der Waals surface area contributed by atoms with Gasteiger partial charge in [-0.2, -0.15) is 0 Å². The van der Waals surface area contributed by atoms with Crippen molar-refractivity contribution in [2.75, 3.05) is 19.0 Å². The number of hydrogen-bond donors (Lipinski definition) is 0. The molecule has 1 heterocycles. The van der Waals surface area contributed by atoms with Crippen molar-refractivity contribution in [2.24, 2.45) is 0 Å². The Morgan fingerprint density at radius 3 is 1.86 bits per heavy atom. The normalized spacial score (nSPS) is 17.7. The Labute approximate surface area is 145 Å². The van der Waals surface area contributed by atoms with E-state index in [0.717, 1.165) is 11.9 Å². The third-order valence-electron chi connectivity index (χ3n) is 5.22. The van der Waals surface area contributed by atoms with Gasteiger partial charge < -0.3 is 4.90 Å². The molecule has 1 aliphatic heterocycles. The second kappa shape index (κ2) is 14.8. The molecule has 0 aromatic rings. The fourth-order valence-corrected chi connectivity index (χ4v) is 3.95. The van der Waals surface area contributed by atoms with Crippen LogP contribution in [0.5, 0.6) is 0 Å². The van der Waals surface area contributed by atoms with Crippen LogP contribution in [-0.2, 0) is 0 Å². The van der Waals surface area contributed by atoms with E-state index in [4.69, 9.17) is 11.6 Å². The van der Waals surface area contributed by atoms with E-state index in [1.807, 2.05) is 0 Å². The third-order valence-corrected chi connectivity index (χ3v) is 5.49. The van der Waals surface area contributed by atoms with Crippen LogP contribution in [-0.4, -0.2) is 29.9 Å². The maximum Gasteiger partial charge on any atom is 0.0224 e. The average molecular weight is 330 g/mol. The number of alkyl halides is 1. The van der Waals surface area contributed by atoms with Crippen molar-refractivity contribution in [3.05, 3.63) is 0 Å². The molecule has 132 valence electrons. The van der Waals surface area contributed by atoms with E-state index in [2.05, 4.69) is 11.8 Å². The first-order valence-corrected chi connectivity index (χ1v) is 10.7. The highest BCUT2D eigenvalue weighted by Gasteiger charge is 2.19. The zero-order chi connectivity index (χ0) is 15.9. The van der Waals surface area contributed by atoms with Gasteiger partial charge in [-0.25, -0.2) is 0 Å². The zero-order valence-electron chi connectivity index (χ0n) is 15.1. The van der Waals surface area contributed by atoms with E-state index in [9.17, 15) is 0 Å². The molecular formula is C20H40ClN. The van der Waals surface area contributed by atoms with Gasteiger partial charge in [0.25, 0.3) is 0 Å². The first kappa shape index (κ1) is 20.3.